The van der Waals surface area contributed by atoms with Gasteiger partial charge in [0.25, 0.3) is 0 Å². The maximum absolute atomic E-state index is 12.0. The Bertz CT molecular complexity index is 519. The van der Waals surface area contributed by atoms with Gasteiger partial charge in [-0.1, -0.05) is 0 Å². The van der Waals surface area contributed by atoms with Crippen molar-refractivity contribution in [3.8, 4) is 0 Å². The Kier molecular flexibility index (Phi) is 4.57. The van der Waals surface area contributed by atoms with Crippen LogP contribution in [0.2, 0.25) is 0 Å². The van der Waals surface area contributed by atoms with Gasteiger partial charge >= 0.3 is 5.97 Å². The fourth-order valence-electron chi connectivity index (χ4n) is 2.04. The second-order valence-corrected chi connectivity index (χ2v) is 4.66. The van der Waals surface area contributed by atoms with E-state index < -0.39 is 12.1 Å². The number of carboxylic acids is 1. The highest BCUT2D eigenvalue weighted by Gasteiger charge is 2.24. The summed E-state index contributed by atoms with van der Waals surface area (Å²) < 4.78 is 10.7. The van der Waals surface area contributed by atoms with Crippen LogP contribution >= 0.6 is 0 Å². The predicted octanol–water partition coefficient (Wildman–Crippen LogP) is 1.30. The molecule has 6 nitrogen and oxygen atoms in total. The lowest BCUT2D eigenvalue weighted by molar-refractivity contribution is -0.145. The minimum Gasteiger partial charge on any atom is -0.481 e. The largest absolute Gasteiger partial charge is 0.481 e. The van der Waals surface area contributed by atoms with Gasteiger partial charge in [-0.05, 0) is 25.1 Å². The van der Waals surface area contributed by atoms with E-state index in [1.807, 2.05) is 13.0 Å². The maximum Gasteiger partial charge on any atom is 0.306 e. The van der Waals surface area contributed by atoms with Crippen molar-refractivity contribution in [2.45, 2.75) is 19.4 Å². The summed E-state index contributed by atoms with van der Waals surface area (Å²) in [5, 5.41) is 8.74. The molecule has 0 aliphatic carbocycles. The van der Waals surface area contributed by atoms with Crippen LogP contribution in [-0.2, 0) is 14.3 Å². The van der Waals surface area contributed by atoms with Crippen molar-refractivity contribution in [3.05, 3.63) is 29.7 Å². The summed E-state index contributed by atoms with van der Waals surface area (Å²) >= 11 is 0. The first-order valence-electron chi connectivity index (χ1n) is 6.41. The fourth-order valence-corrected chi connectivity index (χ4v) is 2.04. The molecule has 0 spiro atoms. The van der Waals surface area contributed by atoms with E-state index in [4.69, 9.17) is 14.3 Å². The molecule has 1 aliphatic rings. The highest BCUT2D eigenvalue weighted by Crippen LogP contribution is 2.11. The molecule has 0 bridgehead atoms. The molecule has 1 aromatic heterocycles. The van der Waals surface area contributed by atoms with Gasteiger partial charge in [0.05, 0.1) is 19.1 Å². The van der Waals surface area contributed by atoms with Crippen LogP contribution in [0.5, 0.6) is 0 Å². The Balaban J connectivity index is 1.91. The van der Waals surface area contributed by atoms with Gasteiger partial charge in [-0.3, -0.25) is 9.59 Å². The van der Waals surface area contributed by atoms with Gasteiger partial charge in [-0.2, -0.15) is 0 Å². The zero-order valence-corrected chi connectivity index (χ0v) is 11.2. The summed E-state index contributed by atoms with van der Waals surface area (Å²) in [5.41, 5.74) is 0. The fraction of sp³-hybridized carbons (Fsp3) is 0.429. The smallest absolute Gasteiger partial charge is 0.306 e. The first-order chi connectivity index (χ1) is 9.54. The van der Waals surface area contributed by atoms with Gasteiger partial charge in [0.2, 0.25) is 5.91 Å². The zero-order valence-electron chi connectivity index (χ0n) is 11.2. The highest BCUT2D eigenvalue weighted by molar-refractivity contribution is 5.91. The normalized spacial score (nSPS) is 19.4. The lowest BCUT2D eigenvalue weighted by Gasteiger charge is -2.31. The Hall–Kier alpha value is -2.08. The topological polar surface area (TPSA) is 80.0 Å². The number of morpholine rings is 1. The standard InChI is InChI=1S/C14H17NO5/c1-10-2-3-11(20-10)4-5-13(16)15-6-7-19-12(9-15)8-14(17)18/h2-5,12H,6-9H2,1H3,(H,17,18)/b5-4-/t12-/m0/s1. The van der Waals surface area contributed by atoms with Crippen LogP contribution in [-0.4, -0.2) is 47.7 Å². The SMILES string of the molecule is Cc1ccc(/C=C\C(=O)N2CCO[C@@H](CC(=O)O)C2)o1. The van der Waals surface area contributed by atoms with Gasteiger partial charge in [0.15, 0.2) is 0 Å². The van der Waals surface area contributed by atoms with Crippen LogP contribution < -0.4 is 0 Å². The summed E-state index contributed by atoms with van der Waals surface area (Å²) in [7, 11) is 0. The van der Waals surface area contributed by atoms with Crippen LogP contribution in [0.25, 0.3) is 6.08 Å². The molecule has 0 unspecified atom stereocenters. The van der Waals surface area contributed by atoms with E-state index in [2.05, 4.69) is 0 Å². The lowest BCUT2D eigenvalue weighted by Crippen LogP contribution is -2.45. The van der Waals surface area contributed by atoms with Crippen LogP contribution in [0.15, 0.2) is 22.6 Å². The number of furan rings is 1. The number of carbonyl (C=O) groups is 2. The van der Waals surface area contributed by atoms with E-state index >= 15 is 0 Å². The highest BCUT2D eigenvalue weighted by atomic mass is 16.5. The second-order valence-electron chi connectivity index (χ2n) is 4.66. The Morgan fingerprint density at radius 3 is 2.95 bits per heavy atom. The molecule has 1 saturated heterocycles. The summed E-state index contributed by atoms with van der Waals surface area (Å²) in [6, 6.07) is 3.60. The third kappa shape index (κ3) is 3.96. The third-order valence-corrected chi connectivity index (χ3v) is 3.00. The minimum absolute atomic E-state index is 0.0924. The number of hydrogen-bond acceptors (Lipinski definition) is 4. The number of ether oxygens (including phenoxy) is 1. The number of rotatable bonds is 4. The Morgan fingerprint density at radius 1 is 1.50 bits per heavy atom. The molecule has 20 heavy (non-hydrogen) atoms. The molecule has 108 valence electrons. The van der Waals surface area contributed by atoms with E-state index in [0.717, 1.165) is 5.76 Å². The summed E-state index contributed by atoms with van der Waals surface area (Å²) in [4.78, 5) is 24.2. The maximum atomic E-state index is 12.0. The van der Waals surface area contributed by atoms with Crippen molar-refractivity contribution >= 4 is 18.0 Å². The summed E-state index contributed by atoms with van der Waals surface area (Å²) in [6.45, 7) is 2.96. The minimum atomic E-state index is -0.925. The Labute approximate surface area is 116 Å². The number of aryl methyl sites for hydroxylation is 1. The molecule has 0 radical (unpaired) electrons. The number of carbonyl (C=O) groups excluding carboxylic acids is 1. The molecule has 1 atom stereocenters. The molecule has 1 fully saturated rings. The molecule has 0 aromatic carbocycles. The average molecular weight is 279 g/mol. The van der Waals surface area contributed by atoms with Gasteiger partial charge in [0, 0.05) is 19.2 Å². The molecule has 1 amide bonds. The number of nitrogens with zero attached hydrogens (tertiary/aromatic N) is 1. The number of aliphatic carboxylic acids is 1. The predicted molar refractivity (Wildman–Crippen MR) is 71.1 cm³/mol. The lowest BCUT2D eigenvalue weighted by atomic mass is 10.2. The van der Waals surface area contributed by atoms with Gasteiger partial charge in [0.1, 0.15) is 11.5 Å². The quantitative estimate of drug-likeness (QED) is 0.840. The second kappa shape index (κ2) is 6.38. The van der Waals surface area contributed by atoms with E-state index in [-0.39, 0.29) is 12.3 Å². The van der Waals surface area contributed by atoms with Gasteiger partial charge < -0.3 is 19.2 Å². The van der Waals surface area contributed by atoms with Crippen molar-refractivity contribution in [1.29, 1.82) is 0 Å². The zero-order chi connectivity index (χ0) is 14.5. The van der Waals surface area contributed by atoms with Crippen molar-refractivity contribution in [3.63, 3.8) is 0 Å². The molecule has 6 heteroatoms. The molecule has 1 aromatic rings. The van der Waals surface area contributed by atoms with Crippen molar-refractivity contribution in [2.24, 2.45) is 0 Å². The van der Waals surface area contributed by atoms with Crippen LogP contribution in [0.1, 0.15) is 17.9 Å². The van der Waals surface area contributed by atoms with Crippen molar-refractivity contribution < 1.29 is 23.8 Å². The van der Waals surface area contributed by atoms with E-state index in [0.29, 0.717) is 25.5 Å². The molecule has 0 saturated carbocycles. The van der Waals surface area contributed by atoms with E-state index in [1.165, 1.54) is 6.08 Å². The van der Waals surface area contributed by atoms with Gasteiger partial charge in [-0.15, -0.1) is 0 Å². The van der Waals surface area contributed by atoms with Gasteiger partial charge in [-0.25, -0.2) is 0 Å². The van der Waals surface area contributed by atoms with Crippen molar-refractivity contribution in [2.75, 3.05) is 19.7 Å². The van der Waals surface area contributed by atoms with E-state index in [9.17, 15) is 9.59 Å². The number of carboxylic acid groups (broad SMARTS) is 1. The first-order valence-corrected chi connectivity index (χ1v) is 6.41. The van der Waals surface area contributed by atoms with E-state index in [1.54, 1.807) is 17.0 Å². The van der Waals surface area contributed by atoms with Crippen LogP contribution in [0, 0.1) is 6.92 Å². The van der Waals surface area contributed by atoms with Crippen LogP contribution in [0.3, 0.4) is 0 Å². The molecule has 1 N–H and O–H groups in total. The molecule has 2 rings (SSSR count). The average Bonchev–Trinajstić information content (AvgIpc) is 2.81. The summed E-state index contributed by atoms with van der Waals surface area (Å²) in [6.07, 6.45) is 2.51. The van der Waals surface area contributed by atoms with Crippen molar-refractivity contribution in [1.82, 2.24) is 4.90 Å². The number of amides is 1. The molecule has 1 aliphatic heterocycles. The monoisotopic (exact) mass is 279 g/mol. The van der Waals surface area contributed by atoms with Crippen LogP contribution in [0.4, 0.5) is 0 Å². The summed E-state index contributed by atoms with van der Waals surface area (Å²) in [5.74, 6) is 0.305. The molecule has 2 heterocycles. The number of hydrogen-bond donors (Lipinski definition) is 1. The molecular weight excluding hydrogens is 262 g/mol. The first kappa shape index (κ1) is 14.3. The third-order valence-electron chi connectivity index (χ3n) is 3.00. The Morgan fingerprint density at radius 2 is 2.30 bits per heavy atom. The molecular formula is C14H17NO5.